The molecule has 1 amide bonds. The van der Waals surface area contributed by atoms with Crippen LogP contribution < -0.4 is 5.73 Å². The number of halogens is 1. The Morgan fingerprint density at radius 3 is 2.63 bits per heavy atom. The molecule has 2 heterocycles. The van der Waals surface area contributed by atoms with Crippen molar-refractivity contribution in [3.8, 4) is 0 Å². The van der Waals surface area contributed by atoms with Crippen LogP contribution in [0, 0.1) is 17.7 Å². The second-order valence-corrected chi connectivity index (χ2v) is 8.23. The maximum atomic E-state index is 13.3. The van der Waals surface area contributed by atoms with E-state index in [1.807, 2.05) is 0 Å². The van der Waals surface area contributed by atoms with Gasteiger partial charge in [-0.3, -0.25) is 4.79 Å². The number of benzene rings is 1. The molecule has 1 aliphatic carbocycles. The highest BCUT2D eigenvalue weighted by Crippen LogP contribution is 2.34. The summed E-state index contributed by atoms with van der Waals surface area (Å²) in [4.78, 5) is 13.8. The summed E-state index contributed by atoms with van der Waals surface area (Å²) in [5.74, 6) is 0.804. The maximum Gasteiger partial charge on any atom is 0.220 e. The number of nitrogens with two attached hydrogens (primary N) is 1. The first-order valence-electron chi connectivity index (χ1n) is 10.2. The van der Waals surface area contributed by atoms with Crippen LogP contribution in [-0.2, 0) is 4.79 Å². The topological polar surface area (TPSA) is 72.4 Å². The minimum absolute atomic E-state index is 0.0998. The van der Waals surface area contributed by atoms with Crippen molar-refractivity contribution < 1.29 is 13.7 Å². The van der Waals surface area contributed by atoms with E-state index in [1.54, 1.807) is 6.07 Å². The lowest BCUT2D eigenvalue weighted by atomic mass is 9.80. The molecule has 27 heavy (non-hydrogen) atoms. The summed E-state index contributed by atoms with van der Waals surface area (Å²) < 4.78 is 18.6. The van der Waals surface area contributed by atoms with Crippen LogP contribution in [0.15, 0.2) is 22.7 Å². The van der Waals surface area contributed by atoms with Crippen molar-refractivity contribution >= 4 is 16.9 Å². The third-order valence-electron chi connectivity index (χ3n) is 6.54. The van der Waals surface area contributed by atoms with E-state index in [0.717, 1.165) is 75.2 Å². The van der Waals surface area contributed by atoms with Gasteiger partial charge in [-0.1, -0.05) is 5.16 Å². The van der Waals surface area contributed by atoms with Gasteiger partial charge in [-0.15, -0.1) is 0 Å². The summed E-state index contributed by atoms with van der Waals surface area (Å²) in [6, 6.07) is 4.67. The van der Waals surface area contributed by atoms with E-state index < -0.39 is 0 Å². The van der Waals surface area contributed by atoms with Gasteiger partial charge in [0.2, 0.25) is 5.91 Å². The van der Waals surface area contributed by atoms with Gasteiger partial charge in [-0.05, 0) is 82.6 Å². The lowest BCUT2D eigenvalue weighted by Gasteiger charge is -2.33. The van der Waals surface area contributed by atoms with Gasteiger partial charge < -0.3 is 15.2 Å². The Balaban J connectivity index is 1.25. The molecule has 2 N–H and O–H groups in total. The van der Waals surface area contributed by atoms with E-state index in [9.17, 15) is 9.18 Å². The van der Waals surface area contributed by atoms with Crippen LogP contribution in [-0.4, -0.2) is 35.6 Å². The van der Waals surface area contributed by atoms with Gasteiger partial charge in [0.25, 0.3) is 0 Å². The third-order valence-corrected chi connectivity index (χ3v) is 6.54. The Morgan fingerprint density at radius 1 is 1.19 bits per heavy atom. The molecular weight excluding hydrogens is 345 g/mol. The van der Waals surface area contributed by atoms with Crippen LogP contribution in [0.2, 0.25) is 0 Å². The minimum atomic E-state index is -0.287. The molecular formula is C21H28FN3O2. The van der Waals surface area contributed by atoms with Gasteiger partial charge in [0.1, 0.15) is 5.82 Å². The fourth-order valence-corrected chi connectivity index (χ4v) is 4.76. The normalized spacial score (nSPS) is 25.1. The lowest BCUT2D eigenvalue weighted by Crippen LogP contribution is -2.35. The Kier molecular flexibility index (Phi) is 5.43. The molecule has 5 nitrogen and oxygen atoms in total. The predicted molar refractivity (Wildman–Crippen MR) is 102 cm³/mol. The number of carbonyl (C=O) groups is 1. The van der Waals surface area contributed by atoms with Crippen LogP contribution in [0.1, 0.15) is 56.6 Å². The molecule has 6 heteroatoms. The number of aromatic nitrogens is 1. The number of hydrogen-bond acceptors (Lipinski definition) is 4. The molecule has 2 aliphatic rings. The molecule has 2 aromatic rings. The van der Waals surface area contributed by atoms with Gasteiger partial charge >= 0.3 is 0 Å². The Hall–Kier alpha value is -1.95. The highest BCUT2D eigenvalue weighted by atomic mass is 19.1. The van der Waals surface area contributed by atoms with Gasteiger partial charge in [0.05, 0.1) is 5.69 Å². The number of amides is 1. The molecule has 1 aliphatic heterocycles. The van der Waals surface area contributed by atoms with Gasteiger partial charge in [0, 0.05) is 23.3 Å². The van der Waals surface area contributed by atoms with Crippen molar-refractivity contribution in [3.05, 3.63) is 29.7 Å². The smallest absolute Gasteiger partial charge is 0.220 e. The maximum absolute atomic E-state index is 13.3. The average molecular weight is 373 g/mol. The standard InChI is InChI=1S/C21H28FN3O2/c22-17-5-6-18-19(13-17)27-24-20(18)15-8-11-25(12-9-15)10-7-14-1-3-16(4-2-14)21(23)26/h5-6,13-16H,1-4,7-12H2,(H2,23,26). The highest BCUT2D eigenvalue weighted by Gasteiger charge is 2.27. The molecule has 0 radical (unpaired) electrons. The number of nitrogens with zero attached hydrogens (tertiary/aromatic N) is 2. The van der Waals surface area contributed by atoms with Crippen LogP contribution in [0.4, 0.5) is 4.39 Å². The molecule has 0 bridgehead atoms. The van der Waals surface area contributed by atoms with Crippen LogP contribution in [0.3, 0.4) is 0 Å². The van der Waals surface area contributed by atoms with E-state index in [2.05, 4.69) is 10.1 Å². The molecule has 1 saturated heterocycles. The average Bonchev–Trinajstić information content (AvgIpc) is 3.10. The summed E-state index contributed by atoms with van der Waals surface area (Å²) in [5.41, 5.74) is 6.94. The van der Waals surface area contributed by atoms with Crippen molar-refractivity contribution in [1.82, 2.24) is 10.1 Å². The molecule has 1 aromatic heterocycles. The van der Waals surface area contributed by atoms with Gasteiger partial charge in [0.15, 0.2) is 5.58 Å². The summed E-state index contributed by atoms with van der Waals surface area (Å²) in [7, 11) is 0. The largest absolute Gasteiger partial charge is 0.369 e. The lowest BCUT2D eigenvalue weighted by molar-refractivity contribution is -0.123. The molecule has 0 spiro atoms. The molecule has 1 saturated carbocycles. The molecule has 2 fully saturated rings. The minimum Gasteiger partial charge on any atom is -0.369 e. The summed E-state index contributed by atoms with van der Waals surface area (Å²) in [6.07, 6.45) is 7.52. The first-order chi connectivity index (χ1) is 13.1. The monoisotopic (exact) mass is 373 g/mol. The zero-order valence-electron chi connectivity index (χ0n) is 15.7. The second kappa shape index (κ2) is 7.97. The molecule has 0 unspecified atom stereocenters. The van der Waals surface area contributed by atoms with Crippen LogP contribution >= 0.6 is 0 Å². The Bertz CT molecular complexity index is 790. The molecule has 1 aromatic carbocycles. The first-order valence-corrected chi connectivity index (χ1v) is 10.2. The first kappa shape index (κ1) is 18.4. The van der Waals surface area contributed by atoms with Crippen molar-refractivity contribution in [1.29, 1.82) is 0 Å². The fourth-order valence-electron chi connectivity index (χ4n) is 4.76. The fraction of sp³-hybridized carbons (Fsp3) is 0.619. The van der Waals surface area contributed by atoms with Crippen LogP contribution in [0.5, 0.6) is 0 Å². The van der Waals surface area contributed by atoms with Gasteiger partial charge in [-0.2, -0.15) is 0 Å². The number of piperidine rings is 1. The number of rotatable bonds is 5. The van der Waals surface area contributed by atoms with E-state index >= 15 is 0 Å². The van der Waals surface area contributed by atoms with Crippen LogP contribution in [0.25, 0.3) is 11.0 Å². The number of carbonyl (C=O) groups excluding carboxylic acids is 1. The van der Waals surface area contributed by atoms with E-state index in [-0.39, 0.29) is 17.6 Å². The summed E-state index contributed by atoms with van der Waals surface area (Å²) >= 11 is 0. The predicted octanol–water partition coefficient (Wildman–Crippen LogP) is 3.83. The van der Waals surface area contributed by atoms with Crippen molar-refractivity contribution in [3.63, 3.8) is 0 Å². The van der Waals surface area contributed by atoms with E-state index in [4.69, 9.17) is 10.3 Å². The van der Waals surface area contributed by atoms with Crippen molar-refractivity contribution in [2.75, 3.05) is 19.6 Å². The Morgan fingerprint density at radius 2 is 1.93 bits per heavy atom. The summed E-state index contributed by atoms with van der Waals surface area (Å²) in [6.45, 7) is 3.26. The van der Waals surface area contributed by atoms with E-state index in [1.165, 1.54) is 18.6 Å². The summed E-state index contributed by atoms with van der Waals surface area (Å²) in [5, 5.41) is 5.17. The quantitative estimate of drug-likeness (QED) is 0.865. The van der Waals surface area contributed by atoms with Crippen molar-refractivity contribution in [2.45, 2.75) is 50.9 Å². The highest BCUT2D eigenvalue weighted by molar-refractivity contribution is 5.80. The van der Waals surface area contributed by atoms with Gasteiger partial charge in [-0.25, -0.2) is 4.39 Å². The third kappa shape index (κ3) is 4.15. The SMILES string of the molecule is NC(=O)C1CCC(CCN2CCC(c3noc4cc(F)ccc34)CC2)CC1. The molecule has 146 valence electrons. The Labute approximate surface area is 159 Å². The zero-order chi connectivity index (χ0) is 18.8. The molecule has 0 atom stereocenters. The number of primary amides is 1. The molecule has 4 rings (SSSR count). The van der Waals surface area contributed by atoms with Crippen molar-refractivity contribution in [2.24, 2.45) is 17.6 Å². The van der Waals surface area contributed by atoms with E-state index in [0.29, 0.717) is 11.5 Å². The number of hydrogen-bond donors (Lipinski definition) is 1. The zero-order valence-corrected chi connectivity index (χ0v) is 15.7. The number of likely N-dealkylation sites (tertiary alicyclic amines) is 1. The second-order valence-electron chi connectivity index (χ2n) is 8.23. The number of fused-ring (bicyclic) bond motifs is 1.